The van der Waals surface area contributed by atoms with Crippen LogP contribution >= 0.6 is 23.8 Å². The van der Waals surface area contributed by atoms with Gasteiger partial charge in [-0.05, 0) is 35.9 Å². The Hall–Kier alpha value is -3.55. The zero-order valence-corrected chi connectivity index (χ0v) is 19.3. The second kappa shape index (κ2) is 7.48. The number of anilines is 2. The first-order valence-corrected chi connectivity index (χ1v) is 11.6. The van der Waals surface area contributed by atoms with E-state index in [0.29, 0.717) is 28.5 Å². The minimum atomic E-state index is -1.43. The predicted molar refractivity (Wildman–Crippen MR) is 132 cm³/mol. The van der Waals surface area contributed by atoms with Crippen LogP contribution in [0.4, 0.5) is 11.4 Å². The molecule has 34 heavy (non-hydrogen) atoms. The van der Waals surface area contributed by atoms with Crippen LogP contribution in [0.5, 0.6) is 0 Å². The van der Waals surface area contributed by atoms with Crippen molar-refractivity contribution >= 4 is 57.9 Å². The lowest BCUT2D eigenvalue weighted by Gasteiger charge is -2.29. The first-order chi connectivity index (χ1) is 16.4. The molecule has 1 N–H and O–H groups in total. The van der Waals surface area contributed by atoms with Gasteiger partial charge in [0.15, 0.2) is 5.54 Å². The van der Waals surface area contributed by atoms with Gasteiger partial charge in [0, 0.05) is 10.6 Å². The van der Waals surface area contributed by atoms with Crippen LogP contribution in [-0.2, 0) is 26.5 Å². The van der Waals surface area contributed by atoms with Crippen molar-refractivity contribution in [1.29, 1.82) is 0 Å². The molecule has 6 rings (SSSR count). The predicted octanol–water partition coefficient (Wildman–Crippen LogP) is 3.82. The number of nitrogens with one attached hydrogen (secondary N) is 1. The molecular formula is C26H18ClN3O3S. The monoisotopic (exact) mass is 487 g/mol. The Morgan fingerprint density at radius 1 is 0.882 bits per heavy atom. The quantitative estimate of drug-likeness (QED) is 0.449. The second-order valence-electron chi connectivity index (χ2n) is 8.63. The van der Waals surface area contributed by atoms with Crippen molar-refractivity contribution in [1.82, 2.24) is 5.32 Å². The van der Waals surface area contributed by atoms with Gasteiger partial charge in [0.25, 0.3) is 5.91 Å². The third-order valence-electron chi connectivity index (χ3n) is 6.85. The van der Waals surface area contributed by atoms with E-state index in [1.165, 1.54) is 0 Å². The molecule has 0 radical (unpaired) electrons. The topological polar surface area (TPSA) is 69.7 Å². The molecule has 8 heteroatoms. The van der Waals surface area contributed by atoms with Gasteiger partial charge in [0.2, 0.25) is 11.8 Å². The molecule has 0 aliphatic carbocycles. The molecular weight excluding hydrogens is 470 g/mol. The van der Waals surface area contributed by atoms with Crippen LogP contribution in [0.2, 0.25) is 5.02 Å². The maximum atomic E-state index is 14.1. The van der Waals surface area contributed by atoms with Crippen molar-refractivity contribution in [2.45, 2.75) is 12.1 Å². The number of rotatable bonds is 3. The lowest BCUT2D eigenvalue weighted by atomic mass is 9.77. The summed E-state index contributed by atoms with van der Waals surface area (Å²) in [7, 11) is 0. The van der Waals surface area contributed by atoms with E-state index in [0.717, 1.165) is 10.5 Å². The molecule has 3 aromatic carbocycles. The average Bonchev–Trinajstić information content (AvgIpc) is 3.39. The Bertz CT molecular complexity index is 1380. The minimum absolute atomic E-state index is 0.213. The number of hydrogen-bond acceptors (Lipinski definition) is 4. The summed E-state index contributed by atoms with van der Waals surface area (Å²) in [4.78, 5) is 44.4. The molecule has 3 atom stereocenters. The maximum absolute atomic E-state index is 14.1. The summed E-state index contributed by atoms with van der Waals surface area (Å²) < 4.78 is 0. The van der Waals surface area contributed by atoms with E-state index >= 15 is 0 Å². The zero-order chi connectivity index (χ0) is 23.6. The van der Waals surface area contributed by atoms with Crippen LogP contribution in [-0.4, -0.2) is 22.7 Å². The van der Waals surface area contributed by atoms with Gasteiger partial charge in [0.05, 0.1) is 28.8 Å². The molecule has 3 aromatic rings. The molecule has 2 fully saturated rings. The molecule has 0 aromatic heterocycles. The standard InChI is InChI=1S/C26H18ClN3O3S/c27-16-10-12-17(13-11-16)30-23(31)20-21(24(30)32)26(28-22(20)34)18-8-4-5-9-19(18)29(25(26)33)14-15-6-2-1-3-7-15/h1-13,20-21H,14H2,(H,28,34)/t20-,21-,26+/m0/s1. The fourth-order valence-electron chi connectivity index (χ4n) is 5.39. The summed E-state index contributed by atoms with van der Waals surface area (Å²) in [5.74, 6) is -3.05. The average molecular weight is 488 g/mol. The minimum Gasteiger partial charge on any atom is -0.361 e. The van der Waals surface area contributed by atoms with E-state index in [9.17, 15) is 14.4 Å². The Morgan fingerprint density at radius 3 is 2.29 bits per heavy atom. The number of amides is 3. The number of para-hydroxylation sites is 1. The highest BCUT2D eigenvalue weighted by Crippen LogP contribution is 2.54. The van der Waals surface area contributed by atoms with Crippen molar-refractivity contribution in [3.05, 3.63) is 95.0 Å². The Morgan fingerprint density at radius 2 is 1.56 bits per heavy atom. The summed E-state index contributed by atoms with van der Waals surface area (Å²) >= 11 is 11.6. The number of carbonyl (C=O) groups is 3. The van der Waals surface area contributed by atoms with E-state index in [1.807, 2.05) is 54.6 Å². The van der Waals surface area contributed by atoms with Crippen molar-refractivity contribution in [2.75, 3.05) is 9.80 Å². The molecule has 3 aliphatic heterocycles. The molecule has 6 nitrogen and oxygen atoms in total. The molecule has 1 spiro atoms. The smallest absolute Gasteiger partial charge is 0.258 e. The number of nitrogens with zero attached hydrogens (tertiary/aromatic N) is 2. The third kappa shape index (κ3) is 2.74. The fourth-order valence-corrected chi connectivity index (χ4v) is 5.91. The second-order valence-corrected chi connectivity index (χ2v) is 9.51. The number of fused-ring (bicyclic) bond motifs is 4. The molecule has 3 heterocycles. The molecule has 3 amide bonds. The Kier molecular flexibility index (Phi) is 4.62. The summed E-state index contributed by atoms with van der Waals surface area (Å²) in [5.41, 5.74) is 1.30. The first kappa shape index (κ1) is 21.0. The molecule has 0 bridgehead atoms. The summed E-state index contributed by atoms with van der Waals surface area (Å²) in [6.45, 7) is 0.341. The molecule has 0 unspecified atom stereocenters. The number of benzene rings is 3. The Balaban J connectivity index is 1.47. The number of imide groups is 1. The highest BCUT2D eigenvalue weighted by atomic mass is 35.5. The van der Waals surface area contributed by atoms with Gasteiger partial charge in [-0.25, -0.2) is 4.90 Å². The van der Waals surface area contributed by atoms with Crippen LogP contribution < -0.4 is 15.1 Å². The Labute approximate surface area is 206 Å². The van der Waals surface area contributed by atoms with Crippen molar-refractivity contribution < 1.29 is 14.4 Å². The van der Waals surface area contributed by atoms with Crippen LogP contribution in [0.3, 0.4) is 0 Å². The SMILES string of the molecule is O=C1[C@@H]2C(=S)N[C@@]3(C(=O)N(Cc4ccccc4)c4ccccc43)[C@@H]2C(=O)N1c1ccc(Cl)cc1. The lowest BCUT2D eigenvalue weighted by molar-refractivity contribution is -0.132. The van der Waals surface area contributed by atoms with Crippen molar-refractivity contribution in [3.8, 4) is 0 Å². The lowest BCUT2D eigenvalue weighted by Crippen LogP contribution is -2.54. The number of halogens is 1. The highest BCUT2D eigenvalue weighted by Gasteiger charge is 2.71. The number of hydrogen-bond donors (Lipinski definition) is 1. The van der Waals surface area contributed by atoms with Crippen molar-refractivity contribution in [2.24, 2.45) is 11.8 Å². The van der Waals surface area contributed by atoms with Gasteiger partial charge < -0.3 is 10.2 Å². The van der Waals surface area contributed by atoms with Gasteiger partial charge in [-0.15, -0.1) is 0 Å². The van der Waals surface area contributed by atoms with E-state index in [1.54, 1.807) is 29.2 Å². The molecule has 3 aliphatic rings. The summed E-state index contributed by atoms with van der Waals surface area (Å²) in [5, 5.41) is 3.64. The molecule has 168 valence electrons. The summed E-state index contributed by atoms with van der Waals surface area (Å²) in [6.07, 6.45) is 0. The van der Waals surface area contributed by atoms with Crippen LogP contribution in [0, 0.1) is 11.8 Å². The van der Waals surface area contributed by atoms with E-state index in [2.05, 4.69) is 5.32 Å². The van der Waals surface area contributed by atoms with E-state index < -0.39 is 29.2 Å². The number of carbonyl (C=O) groups excluding carboxylic acids is 3. The largest absolute Gasteiger partial charge is 0.361 e. The van der Waals surface area contributed by atoms with Gasteiger partial charge in [-0.2, -0.15) is 0 Å². The molecule has 0 saturated carbocycles. The van der Waals surface area contributed by atoms with E-state index in [4.69, 9.17) is 23.8 Å². The third-order valence-corrected chi connectivity index (χ3v) is 7.45. The van der Waals surface area contributed by atoms with E-state index in [-0.39, 0.29) is 10.9 Å². The van der Waals surface area contributed by atoms with Gasteiger partial charge in [-0.3, -0.25) is 14.4 Å². The zero-order valence-electron chi connectivity index (χ0n) is 17.8. The van der Waals surface area contributed by atoms with Crippen LogP contribution in [0.15, 0.2) is 78.9 Å². The van der Waals surface area contributed by atoms with Gasteiger partial charge in [0.1, 0.15) is 5.92 Å². The number of thiocarbonyl (C=S) groups is 1. The molecule has 2 saturated heterocycles. The van der Waals surface area contributed by atoms with Gasteiger partial charge in [-0.1, -0.05) is 72.3 Å². The first-order valence-electron chi connectivity index (χ1n) is 10.8. The van der Waals surface area contributed by atoms with Crippen molar-refractivity contribution in [3.63, 3.8) is 0 Å². The normalized spacial score (nSPS) is 25.2. The highest BCUT2D eigenvalue weighted by molar-refractivity contribution is 7.80. The fraction of sp³-hybridized carbons (Fsp3) is 0.154. The van der Waals surface area contributed by atoms with Crippen LogP contribution in [0.25, 0.3) is 0 Å². The maximum Gasteiger partial charge on any atom is 0.258 e. The van der Waals surface area contributed by atoms with Gasteiger partial charge >= 0.3 is 0 Å². The summed E-state index contributed by atoms with van der Waals surface area (Å²) in [6, 6.07) is 23.5. The van der Waals surface area contributed by atoms with Crippen LogP contribution in [0.1, 0.15) is 11.1 Å².